The van der Waals surface area contributed by atoms with Crippen molar-refractivity contribution in [2.24, 2.45) is 0 Å². The van der Waals surface area contributed by atoms with Crippen LogP contribution >= 0.6 is 12.4 Å². The van der Waals surface area contributed by atoms with Crippen molar-refractivity contribution in [1.29, 1.82) is 0 Å². The average molecular weight is 453 g/mol. The fourth-order valence-electron chi connectivity index (χ4n) is 5.50. The normalized spacial score (nSPS) is 17.4. The Morgan fingerprint density at radius 1 is 0.781 bits per heavy atom. The molecule has 1 amide bonds. The molecule has 3 aliphatic heterocycles. The van der Waals surface area contributed by atoms with E-state index >= 15 is 0 Å². The van der Waals surface area contributed by atoms with Crippen molar-refractivity contribution in [3.05, 3.63) is 64.2 Å². The van der Waals surface area contributed by atoms with Gasteiger partial charge < -0.3 is 9.80 Å². The second-order valence-electron chi connectivity index (χ2n) is 9.28. The van der Waals surface area contributed by atoms with Crippen molar-refractivity contribution in [3.63, 3.8) is 0 Å². The minimum Gasteiger partial charge on any atom is -0.312 e. The molecule has 0 saturated heterocycles. The SMILES string of the molecule is Cl.O=C(CCCCCN1CCc2ccccc2CC1)c1cc2c3c(c1)CCN3C(=O)CC2. The van der Waals surface area contributed by atoms with E-state index in [0.29, 0.717) is 12.8 Å². The zero-order chi connectivity index (χ0) is 21.2. The highest BCUT2D eigenvalue weighted by atomic mass is 35.5. The van der Waals surface area contributed by atoms with Gasteiger partial charge in [-0.3, -0.25) is 9.59 Å². The molecular formula is C27H33ClN2O2. The number of hydrogen-bond donors (Lipinski definition) is 0. The largest absolute Gasteiger partial charge is 0.312 e. The average Bonchev–Trinajstić information content (AvgIpc) is 3.12. The molecular weight excluding hydrogens is 420 g/mol. The van der Waals surface area contributed by atoms with Crippen LogP contribution in [-0.4, -0.2) is 42.8 Å². The molecule has 2 aromatic rings. The summed E-state index contributed by atoms with van der Waals surface area (Å²) in [4.78, 5) is 29.4. The van der Waals surface area contributed by atoms with E-state index < -0.39 is 0 Å². The fourth-order valence-corrected chi connectivity index (χ4v) is 5.50. The van der Waals surface area contributed by atoms with E-state index in [4.69, 9.17) is 0 Å². The molecule has 0 radical (unpaired) electrons. The molecule has 0 unspecified atom stereocenters. The molecule has 0 bridgehead atoms. The van der Waals surface area contributed by atoms with E-state index in [9.17, 15) is 9.59 Å². The minimum absolute atomic E-state index is 0. The number of hydrogen-bond acceptors (Lipinski definition) is 3. The lowest BCUT2D eigenvalue weighted by atomic mass is 9.94. The van der Waals surface area contributed by atoms with Gasteiger partial charge in [-0.05, 0) is 79.5 Å². The van der Waals surface area contributed by atoms with Crippen LogP contribution in [0.2, 0.25) is 0 Å². The Bertz CT molecular complexity index is 976. The minimum atomic E-state index is 0. The molecule has 0 saturated carbocycles. The standard InChI is InChI=1S/C27H32N2O2.ClH/c30-25(24-18-22-9-10-26(31)29-17-13-23(19-24)27(22)29)8-2-1-5-14-28-15-11-20-6-3-4-7-21(20)12-16-28;/h3-4,6-7,18-19H,1-2,5,8-17H2;1H. The van der Waals surface area contributed by atoms with Gasteiger partial charge in [0.05, 0.1) is 5.69 Å². The van der Waals surface area contributed by atoms with Gasteiger partial charge in [0.2, 0.25) is 5.91 Å². The smallest absolute Gasteiger partial charge is 0.227 e. The molecule has 4 nitrogen and oxygen atoms in total. The van der Waals surface area contributed by atoms with Crippen LogP contribution in [0.5, 0.6) is 0 Å². The number of nitrogens with zero attached hydrogens (tertiary/aromatic N) is 2. The molecule has 5 heteroatoms. The van der Waals surface area contributed by atoms with Crippen LogP contribution in [-0.2, 0) is 30.5 Å². The summed E-state index contributed by atoms with van der Waals surface area (Å²) in [5, 5.41) is 0. The van der Waals surface area contributed by atoms with Crippen LogP contribution in [0.15, 0.2) is 36.4 Å². The molecule has 0 N–H and O–H groups in total. The van der Waals surface area contributed by atoms with Crippen molar-refractivity contribution in [1.82, 2.24) is 4.90 Å². The maximum atomic E-state index is 12.8. The van der Waals surface area contributed by atoms with Gasteiger partial charge in [-0.15, -0.1) is 12.4 Å². The number of anilines is 1. The van der Waals surface area contributed by atoms with Gasteiger partial charge in [0.1, 0.15) is 0 Å². The number of aryl methyl sites for hydroxylation is 1. The van der Waals surface area contributed by atoms with Gasteiger partial charge in [-0.2, -0.15) is 0 Å². The summed E-state index contributed by atoms with van der Waals surface area (Å²) < 4.78 is 0. The summed E-state index contributed by atoms with van der Waals surface area (Å²) >= 11 is 0. The van der Waals surface area contributed by atoms with Crippen molar-refractivity contribution < 1.29 is 9.59 Å². The Kier molecular flexibility index (Phi) is 7.32. The first-order valence-corrected chi connectivity index (χ1v) is 12.0. The predicted octanol–water partition coefficient (Wildman–Crippen LogP) is 4.79. The quantitative estimate of drug-likeness (QED) is 0.448. The lowest BCUT2D eigenvalue weighted by Gasteiger charge is -2.25. The number of ketones is 1. The van der Waals surface area contributed by atoms with Crippen LogP contribution in [0.4, 0.5) is 5.69 Å². The summed E-state index contributed by atoms with van der Waals surface area (Å²) in [5.74, 6) is 0.498. The molecule has 0 aliphatic carbocycles. The zero-order valence-corrected chi connectivity index (χ0v) is 19.6. The summed E-state index contributed by atoms with van der Waals surface area (Å²) in [6.45, 7) is 4.20. The number of carbonyl (C=O) groups excluding carboxylic acids is 2. The van der Waals surface area contributed by atoms with Crippen molar-refractivity contribution >= 4 is 29.8 Å². The fraction of sp³-hybridized carbons (Fsp3) is 0.481. The summed E-state index contributed by atoms with van der Waals surface area (Å²) in [6, 6.07) is 12.9. The first-order valence-electron chi connectivity index (χ1n) is 12.0. The van der Waals surface area contributed by atoms with E-state index in [1.54, 1.807) is 0 Å². The summed E-state index contributed by atoms with van der Waals surface area (Å²) in [6.07, 6.45) is 8.40. The maximum Gasteiger partial charge on any atom is 0.227 e. The molecule has 3 aliphatic rings. The highest BCUT2D eigenvalue weighted by Crippen LogP contribution is 2.37. The Morgan fingerprint density at radius 2 is 1.44 bits per heavy atom. The van der Waals surface area contributed by atoms with E-state index in [1.807, 2.05) is 4.90 Å². The van der Waals surface area contributed by atoms with Crippen LogP contribution in [0.3, 0.4) is 0 Å². The Balaban J connectivity index is 0.00000245. The number of unbranched alkanes of at least 4 members (excludes halogenated alkanes) is 2. The van der Waals surface area contributed by atoms with E-state index in [0.717, 1.165) is 82.4 Å². The van der Waals surface area contributed by atoms with Gasteiger partial charge >= 0.3 is 0 Å². The zero-order valence-electron chi connectivity index (χ0n) is 18.8. The molecule has 0 atom stereocenters. The maximum absolute atomic E-state index is 12.8. The van der Waals surface area contributed by atoms with Crippen LogP contribution in [0, 0.1) is 0 Å². The van der Waals surface area contributed by atoms with Gasteiger partial charge in [0.25, 0.3) is 0 Å². The molecule has 2 aromatic carbocycles. The van der Waals surface area contributed by atoms with Crippen molar-refractivity contribution in [2.75, 3.05) is 31.1 Å². The number of amides is 1. The number of fused-ring (bicyclic) bond motifs is 1. The third-order valence-electron chi connectivity index (χ3n) is 7.26. The van der Waals surface area contributed by atoms with Crippen LogP contribution in [0.1, 0.15) is 64.7 Å². The second-order valence-corrected chi connectivity index (χ2v) is 9.28. The molecule has 32 heavy (non-hydrogen) atoms. The van der Waals surface area contributed by atoms with E-state index in [1.165, 1.54) is 22.3 Å². The van der Waals surface area contributed by atoms with Crippen LogP contribution in [0.25, 0.3) is 0 Å². The number of Topliss-reactive ketones (excluding diaryl/α,β-unsaturated/α-hetero) is 1. The summed E-state index contributed by atoms with van der Waals surface area (Å²) in [5.41, 5.74) is 7.37. The molecule has 0 aromatic heterocycles. The van der Waals surface area contributed by atoms with Crippen molar-refractivity contribution in [3.8, 4) is 0 Å². The first-order chi connectivity index (χ1) is 15.2. The molecule has 0 spiro atoms. The van der Waals surface area contributed by atoms with E-state index in [2.05, 4.69) is 41.3 Å². The third kappa shape index (κ3) is 4.77. The Labute approximate surface area is 197 Å². The van der Waals surface area contributed by atoms with Gasteiger partial charge in [-0.1, -0.05) is 30.7 Å². The highest BCUT2D eigenvalue weighted by Gasteiger charge is 2.31. The lowest BCUT2D eigenvalue weighted by Crippen LogP contribution is -2.32. The molecule has 5 rings (SSSR count). The topological polar surface area (TPSA) is 40.6 Å². The van der Waals surface area contributed by atoms with Gasteiger partial charge in [0, 0.05) is 38.0 Å². The molecule has 3 heterocycles. The van der Waals surface area contributed by atoms with E-state index in [-0.39, 0.29) is 24.1 Å². The number of halogens is 1. The molecule has 0 fully saturated rings. The number of carbonyl (C=O) groups is 2. The third-order valence-corrected chi connectivity index (χ3v) is 7.26. The number of benzene rings is 2. The first kappa shape index (κ1) is 23.0. The number of rotatable bonds is 7. The van der Waals surface area contributed by atoms with Gasteiger partial charge in [-0.25, -0.2) is 0 Å². The summed E-state index contributed by atoms with van der Waals surface area (Å²) in [7, 11) is 0. The Morgan fingerprint density at radius 3 is 2.16 bits per heavy atom. The van der Waals surface area contributed by atoms with Crippen LogP contribution < -0.4 is 4.90 Å². The predicted molar refractivity (Wildman–Crippen MR) is 131 cm³/mol. The van der Waals surface area contributed by atoms with Gasteiger partial charge in [0.15, 0.2) is 5.78 Å². The highest BCUT2D eigenvalue weighted by molar-refractivity contribution is 6.02. The second kappa shape index (κ2) is 10.2. The monoisotopic (exact) mass is 452 g/mol. The lowest BCUT2D eigenvalue weighted by molar-refractivity contribution is -0.118. The molecule has 170 valence electrons. The van der Waals surface area contributed by atoms with Crippen molar-refractivity contribution in [2.45, 2.75) is 57.8 Å². The Hall–Kier alpha value is -2.17.